The van der Waals surface area contributed by atoms with E-state index in [0.29, 0.717) is 30.0 Å². The molecular formula is C20H21BrN2O3. The third kappa shape index (κ3) is 4.85. The quantitative estimate of drug-likeness (QED) is 0.774. The van der Waals surface area contributed by atoms with Crippen molar-refractivity contribution in [2.75, 3.05) is 19.6 Å². The van der Waals surface area contributed by atoms with Crippen LogP contribution in [0.5, 0.6) is 11.5 Å². The lowest BCUT2D eigenvalue weighted by Crippen LogP contribution is -2.32. The number of nitrogens with zero attached hydrogens (tertiary/aromatic N) is 1. The van der Waals surface area contributed by atoms with Crippen molar-refractivity contribution in [2.45, 2.75) is 19.3 Å². The number of hydrogen-bond donors (Lipinski definition) is 1. The maximum atomic E-state index is 12.5. The van der Waals surface area contributed by atoms with Gasteiger partial charge in [0.05, 0.1) is 5.56 Å². The van der Waals surface area contributed by atoms with Crippen LogP contribution in [0.15, 0.2) is 53.0 Å². The van der Waals surface area contributed by atoms with Gasteiger partial charge in [0.2, 0.25) is 5.91 Å². The second-order valence-corrected chi connectivity index (χ2v) is 7.07. The molecule has 0 aliphatic carbocycles. The summed E-state index contributed by atoms with van der Waals surface area (Å²) in [5.41, 5.74) is 0.445. The van der Waals surface area contributed by atoms with Gasteiger partial charge in [-0.2, -0.15) is 0 Å². The lowest BCUT2D eigenvalue weighted by Gasteiger charge is -2.15. The molecule has 2 aromatic rings. The number of para-hydroxylation sites is 1. The molecular weight excluding hydrogens is 396 g/mol. The summed E-state index contributed by atoms with van der Waals surface area (Å²) in [5.74, 6) is 0.976. The van der Waals surface area contributed by atoms with Gasteiger partial charge in [0.1, 0.15) is 11.5 Å². The molecule has 5 nitrogen and oxygen atoms in total. The van der Waals surface area contributed by atoms with Crippen molar-refractivity contribution in [1.82, 2.24) is 10.2 Å². The summed E-state index contributed by atoms with van der Waals surface area (Å²) in [6, 6.07) is 14.5. The standard InChI is InChI=1S/C20H21BrN2O3/c21-15-6-5-7-16(14-15)26-18-9-2-1-8-17(18)20(25)22-11-10-19(24)23-12-3-4-13-23/h1-2,5-9,14H,3-4,10-13H2,(H,22,25). The van der Waals surface area contributed by atoms with Crippen LogP contribution in [0.25, 0.3) is 0 Å². The first-order valence-corrected chi connectivity index (χ1v) is 9.51. The fourth-order valence-corrected chi connectivity index (χ4v) is 3.28. The summed E-state index contributed by atoms with van der Waals surface area (Å²) >= 11 is 3.40. The Labute approximate surface area is 161 Å². The Bertz CT molecular complexity index is 788. The van der Waals surface area contributed by atoms with Gasteiger partial charge in [0, 0.05) is 30.5 Å². The van der Waals surface area contributed by atoms with Crippen LogP contribution >= 0.6 is 15.9 Å². The van der Waals surface area contributed by atoms with Crippen LogP contribution in [-0.4, -0.2) is 36.3 Å². The number of ether oxygens (including phenoxy) is 1. The molecule has 136 valence electrons. The molecule has 26 heavy (non-hydrogen) atoms. The van der Waals surface area contributed by atoms with Crippen LogP contribution in [-0.2, 0) is 4.79 Å². The Balaban J connectivity index is 1.59. The largest absolute Gasteiger partial charge is 0.456 e. The molecule has 0 radical (unpaired) electrons. The molecule has 1 fully saturated rings. The van der Waals surface area contributed by atoms with E-state index in [4.69, 9.17) is 4.74 Å². The first-order chi connectivity index (χ1) is 12.6. The summed E-state index contributed by atoms with van der Waals surface area (Å²) < 4.78 is 6.75. The number of likely N-dealkylation sites (tertiary alicyclic amines) is 1. The molecule has 1 aliphatic rings. The number of nitrogens with one attached hydrogen (secondary N) is 1. The van der Waals surface area contributed by atoms with E-state index in [2.05, 4.69) is 21.2 Å². The van der Waals surface area contributed by atoms with Crippen LogP contribution < -0.4 is 10.1 Å². The third-order valence-electron chi connectivity index (χ3n) is 4.24. The van der Waals surface area contributed by atoms with E-state index >= 15 is 0 Å². The van der Waals surface area contributed by atoms with E-state index in [0.717, 1.165) is 30.4 Å². The van der Waals surface area contributed by atoms with Gasteiger partial charge in [-0.1, -0.05) is 34.1 Å². The lowest BCUT2D eigenvalue weighted by atomic mass is 10.2. The Morgan fingerprint density at radius 3 is 2.62 bits per heavy atom. The monoisotopic (exact) mass is 416 g/mol. The van der Waals surface area contributed by atoms with Crippen LogP contribution in [0, 0.1) is 0 Å². The molecule has 1 N–H and O–H groups in total. The first kappa shape index (κ1) is 18.5. The lowest BCUT2D eigenvalue weighted by molar-refractivity contribution is -0.129. The molecule has 3 rings (SSSR count). The SMILES string of the molecule is O=C(NCCC(=O)N1CCCC1)c1ccccc1Oc1cccc(Br)c1. The minimum atomic E-state index is -0.246. The Morgan fingerprint density at radius 1 is 1.08 bits per heavy atom. The molecule has 0 bridgehead atoms. The predicted octanol–water partition coefficient (Wildman–Crippen LogP) is 3.98. The van der Waals surface area contributed by atoms with Gasteiger partial charge in [0.15, 0.2) is 0 Å². The summed E-state index contributed by atoms with van der Waals surface area (Å²) in [4.78, 5) is 26.4. The minimum Gasteiger partial charge on any atom is -0.456 e. The van der Waals surface area contributed by atoms with Crippen LogP contribution in [0.1, 0.15) is 29.6 Å². The molecule has 2 aromatic carbocycles. The van der Waals surface area contributed by atoms with Gasteiger partial charge in [0.25, 0.3) is 5.91 Å². The molecule has 2 amide bonds. The number of benzene rings is 2. The average Bonchev–Trinajstić information content (AvgIpc) is 3.17. The summed E-state index contributed by atoms with van der Waals surface area (Å²) in [7, 11) is 0. The van der Waals surface area contributed by atoms with E-state index in [1.807, 2.05) is 35.2 Å². The van der Waals surface area contributed by atoms with Gasteiger partial charge in [-0.15, -0.1) is 0 Å². The number of amides is 2. The topological polar surface area (TPSA) is 58.6 Å². The summed E-state index contributed by atoms with van der Waals surface area (Å²) in [6.45, 7) is 1.98. The van der Waals surface area contributed by atoms with Crippen molar-refractivity contribution in [3.63, 3.8) is 0 Å². The number of carbonyl (C=O) groups excluding carboxylic acids is 2. The van der Waals surface area contributed by atoms with Crippen LogP contribution in [0.2, 0.25) is 0 Å². The van der Waals surface area contributed by atoms with Crippen LogP contribution in [0.3, 0.4) is 0 Å². The highest BCUT2D eigenvalue weighted by Crippen LogP contribution is 2.27. The van der Waals surface area contributed by atoms with Crippen molar-refractivity contribution < 1.29 is 14.3 Å². The van der Waals surface area contributed by atoms with E-state index in [-0.39, 0.29) is 11.8 Å². The van der Waals surface area contributed by atoms with E-state index < -0.39 is 0 Å². The Hall–Kier alpha value is -2.34. The van der Waals surface area contributed by atoms with Crippen LogP contribution in [0.4, 0.5) is 0 Å². The highest BCUT2D eigenvalue weighted by atomic mass is 79.9. The molecule has 0 unspecified atom stereocenters. The maximum Gasteiger partial charge on any atom is 0.255 e. The number of rotatable bonds is 6. The molecule has 6 heteroatoms. The van der Waals surface area contributed by atoms with Gasteiger partial charge < -0.3 is 15.0 Å². The fraction of sp³-hybridized carbons (Fsp3) is 0.300. The smallest absolute Gasteiger partial charge is 0.255 e. The maximum absolute atomic E-state index is 12.5. The van der Waals surface area contributed by atoms with E-state index in [9.17, 15) is 9.59 Å². The van der Waals surface area contributed by atoms with Crippen molar-refractivity contribution in [3.8, 4) is 11.5 Å². The third-order valence-corrected chi connectivity index (χ3v) is 4.73. The highest BCUT2D eigenvalue weighted by molar-refractivity contribution is 9.10. The Kier molecular flexibility index (Phi) is 6.28. The first-order valence-electron chi connectivity index (χ1n) is 8.72. The molecule has 1 aliphatic heterocycles. The zero-order valence-electron chi connectivity index (χ0n) is 14.4. The zero-order chi connectivity index (χ0) is 18.4. The van der Waals surface area contributed by atoms with Gasteiger partial charge in [-0.05, 0) is 43.2 Å². The Morgan fingerprint density at radius 2 is 1.85 bits per heavy atom. The van der Waals surface area contributed by atoms with Crippen molar-refractivity contribution in [2.24, 2.45) is 0 Å². The molecule has 0 saturated carbocycles. The normalized spacial score (nSPS) is 13.5. The second kappa shape index (κ2) is 8.85. The zero-order valence-corrected chi connectivity index (χ0v) is 16.0. The average molecular weight is 417 g/mol. The predicted molar refractivity (Wildman–Crippen MR) is 103 cm³/mol. The molecule has 0 atom stereocenters. The van der Waals surface area contributed by atoms with Gasteiger partial charge in [-0.25, -0.2) is 0 Å². The van der Waals surface area contributed by atoms with Gasteiger partial charge >= 0.3 is 0 Å². The highest BCUT2D eigenvalue weighted by Gasteiger charge is 2.18. The van der Waals surface area contributed by atoms with Crippen molar-refractivity contribution >= 4 is 27.7 Å². The molecule has 1 saturated heterocycles. The number of carbonyl (C=O) groups is 2. The molecule has 0 aromatic heterocycles. The van der Waals surface area contributed by atoms with Crippen molar-refractivity contribution in [3.05, 3.63) is 58.6 Å². The molecule has 0 spiro atoms. The number of halogens is 1. The van der Waals surface area contributed by atoms with E-state index in [1.54, 1.807) is 18.2 Å². The minimum absolute atomic E-state index is 0.0986. The summed E-state index contributed by atoms with van der Waals surface area (Å²) in [5, 5.41) is 2.82. The van der Waals surface area contributed by atoms with Crippen molar-refractivity contribution in [1.29, 1.82) is 0 Å². The van der Waals surface area contributed by atoms with Gasteiger partial charge in [-0.3, -0.25) is 9.59 Å². The fourth-order valence-electron chi connectivity index (χ4n) is 2.90. The number of hydrogen-bond acceptors (Lipinski definition) is 3. The summed E-state index contributed by atoms with van der Waals surface area (Å²) in [6.07, 6.45) is 2.46. The molecule has 1 heterocycles. The second-order valence-electron chi connectivity index (χ2n) is 6.15. The van der Waals surface area contributed by atoms with E-state index in [1.165, 1.54) is 0 Å².